The molecular weight excluding hydrogens is 466 g/mol. The molecule has 2 N–H and O–H groups in total. The third-order valence-electron chi connectivity index (χ3n) is 4.20. The van der Waals surface area contributed by atoms with Crippen LogP contribution in [-0.2, 0) is 4.79 Å². The average molecular weight is 486 g/mol. The Hall–Kier alpha value is -3.15. The Morgan fingerprint density at radius 1 is 1.19 bits per heavy atom. The van der Waals surface area contributed by atoms with Crippen LogP contribution in [-0.4, -0.2) is 46.0 Å². The van der Waals surface area contributed by atoms with Crippen LogP contribution in [0, 0.1) is 0 Å². The number of carbonyl (C=O) groups is 1. The molecule has 4 rings (SSSR count). The minimum atomic E-state index is -0.182. The topological polar surface area (TPSA) is 102 Å². The first kappa shape index (κ1) is 22.1. The minimum absolute atomic E-state index is 0.173. The van der Waals surface area contributed by atoms with E-state index in [0.717, 1.165) is 10.4 Å². The molecule has 1 amide bonds. The zero-order valence-corrected chi connectivity index (χ0v) is 19.6. The maximum Gasteiger partial charge on any atom is 0.236 e. The predicted molar refractivity (Wildman–Crippen MR) is 130 cm³/mol. The molecule has 4 aromatic rings. The number of carbonyl (C=O) groups excluding carboxylic acids is 1. The smallest absolute Gasteiger partial charge is 0.236 e. The molecule has 0 spiro atoms. The number of hydrogen-bond acceptors (Lipinski definition) is 9. The summed E-state index contributed by atoms with van der Waals surface area (Å²) < 4.78 is 10.7. The van der Waals surface area contributed by atoms with Crippen LogP contribution in [0.5, 0.6) is 11.5 Å². The highest BCUT2D eigenvalue weighted by molar-refractivity contribution is 7.99. The molecule has 0 aliphatic heterocycles. The third kappa shape index (κ3) is 5.55. The lowest BCUT2D eigenvalue weighted by atomic mass is 10.1. The fourth-order valence-electron chi connectivity index (χ4n) is 2.69. The van der Waals surface area contributed by atoms with Crippen molar-refractivity contribution in [2.24, 2.45) is 0 Å². The number of nitrogens with one attached hydrogen (secondary N) is 2. The molecule has 8 nitrogen and oxygen atoms in total. The van der Waals surface area contributed by atoms with Crippen LogP contribution >= 0.6 is 34.4 Å². The van der Waals surface area contributed by atoms with E-state index in [1.54, 1.807) is 31.6 Å². The summed E-state index contributed by atoms with van der Waals surface area (Å²) in [7, 11) is 3.20. The van der Waals surface area contributed by atoms with E-state index in [1.165, 1.54) is 23.1 Å². The molecule has 0 radical (unpaired) electrons. The fraction of sp³-hybridized carbons (Fsp3) is 0.143. The van der Waals surface area contributed by atoms with Gasteiger partial charge in [-0.05, 0) is 35.7 Å². The molecule has 0 fully saturated rings. The number of hydrogen-bond donors (Lipinski definition) is 2. The first-order chi connectivity index (χ1) is 15.6. The van der Waals surface area contributed by atoms with Crippen LogP contribution in [0.3, 0.4) is 0 Å². The molecule has 0 bridgehead atoms. The number of rotatable bonds is 9. The van der Waals surface area contributed by atoms with Crippen molar-refractivity contribution in [3.05, 3.63) is 51.8 Å². The number of H-pyrrole nitrogens is 1. The fourth-order valence-corrected chi connectivity index (χ4v) is 4.65. The number of aromatic amines is 1. The Morgan fingerprint density at radius 2 is 2.09 bits per heavy atom. The highest BCUT2D eigenvalue weighted by Crippen LogP contribution is 2.34. The highest BCUT2D eigenvalue weighted by atomic mass is 32.2. The first-order valence-corrected chi connectivity index (χ1v) is 12.1. The lowest BCUT2D eigenvalue weighted by Gasteiger charge is -2.08. The molecule has 32 heavy (non-hydrogen) atoms. The van der Waals surface area contributed by atoms with Crippen molar-refractivity contribution in [3.63, 3.8) is 0 Å². The van der Waals surface area contributed by atoms with Crippen molar-refractivity contribution in [1.82, 2.24) is 20.2 Å². The van der Waals surface area contributed by atoms with Gasteiger partial charge in [-0.3, -0.25) is 9.89 Å². The summed E-state index contributed by atoms with van der Waals surface area (Å²) >= 11 is 4.24. The van der Waals surface area contributed by atoms with Crippen molar-refractivity contribution in [3.8, 4) is 22.8 Å². The van der Waals surface area contributed by atoms with E-state index >= 15 is 0 Å². The van der Waals surface area contributed by atoms with Crippen molar-refractivity contribution in [2.75, 3.05) is 25.3 Å². The van der Waals surface area contributed by atoms with Gasteiger partial charge in [-0.1, -0.05) is 17.8 Å². The van der Waals surface area contributed by atoms with Crippen LogP contribution in [0.25, 0.3) is 23.4 Å². The summed E-state index contributed by atoms with van der Waals surface area (Å²) in [6.07, 6.45) is 3.82. The van der Waals surface area contributed by atoms with Gasteiger partial charge in [0.25, 0.3) is 0 Å². The van der Waals surface area contributed by atoms with Crippen LogP contribution in [0.4, 0.5) is 5.13 Å². The number of thioether (sulfide) groups is 1. The molecule has 164 valence electrons. The van der Waals surface area contributed by atoms with Crippen LogP contribution in [0.1, 0.15) is 10.7 Å². The molecule has 0 aliphatic carbocycles. The van der Waals surface area contributed by atoms with E-state index in [0.29, 0.717) is 33.3 Å². The summed E-state index contributed by atoms with van der Waals surface area (Å²) in [5.74, 6) is 1.98. The van der Waals surface area contributed by atoms with Gasteiger partial charge in [0.1, 0.15) is 17.3 Å². The molecule has 0 aliphatic rings. The van der Waals surface area contributed by atoms with Crippen molar-refractivity contribution >= 4 is 57.6 Å². The number of ether oxygens (including phenoxy) is 2. The Kier molecular flexibility index (Phi) is 7.20. The second-order valence-electron chi connectivity index (χ2n) is 6.29. The minimum Gasteiger partial charge on any atom is -0.497 e. The standard InChI is InChI=1S/C21H19N5O3S3/c1-28-13-5-7-15(17(10-13)29-2)16-11-31-20(22-16)24-19(27)12-32-21-23-18(25-26-21)8-6-14-4-3-9-30-14/h3-11H,12H2,1-2H3,(H,22,24,27)(H,23,25,26)/b8-6+. The zero-order chi connectivity index (χ0) is 22.3. The van der Waals surface area contributed by atoms with Crippen LogP contribution < -0.4 is 14.8 Å². The first-order valence-electron chi connectivity index (χ1n) is 9.39. The van der Waals surface area contributed by atoms with E-state index in [1.807, 2.05) is 47.2 Å². The van der Waals surface area contributed by atoms with E-state index in [9.17, 15) is 4.79 Å². The maximum atomic E-state index is 12.3. The van der Waals surface area contributed by atoms with Crippen molar-refractivity contribution in [1.29, 1.82) is 0 Å². The number of benzene rings is 1. The molecule has 0 unspecified atom stereocenters. The van der Waals surface area contributed by atoms with E-state index < -0.39 is 0 Å². The van der Waals surface area contributed by atoms with Gasteiger partial charge in [0.15, 0.2) is 5.13 Å². The zero-order valence-electron chi connectivity index (χ0n) is 17.2. The number of amides is 1. The second-order valence-corrected chi connectivity index (χ2v) is 9.07. The Labute approximate surface area is 196 Å². The second kappa shape index (κ2) is 10.4. The average Bonchev–Trinajstić information content (AvgIpc) is 3.58. The predicted octanol–water partition coefficient (Wildman–Crippen LogP) is 4.91. The Morgan fingerprint density at radius 3 is 2.88 bits per heavy atom. The monoisotopic (exact) mass is 485 g/mol. The SMILES string of the molecule is COc1ccc(-c2csc(NC(=O)CSc3n[nH]c(/C=C/c4cccs4)n3)n2)c(OC)c1. The molecule has 0 atom stereocenters. The van der Waals surface area contributed by atoms with Gasteiger partial charge in [-0.2, -0.15) is 0 Å². The number of thiophene rings is 1. The number of anilines is 1. The number of thiazole rings is 1. The van der Waals surface area contributed by atoms with E-state index in [-0.39, 0.29) is 11.7 Å². The Balaban J connectivity index is 1.32. The van der Waals surface area contributed by atoms with Gasteiger partial charge in [-0.15, -0.1) is 27.8 Å². The van der Waals surface area contributed by atoms with Gasteiger partial charge in [0.05, 0.1) is 25.7 Å². The van der Waals surface area contributed by atoms with Gasteiger partial charge in [0.2, 0.25) is 11.1 Å². The summed E-state index contributed by atoms with van der Waals surface area (Å²) in [6, 6.07) is 9.52. The largest absolute Gasteiger partial charge is 0.497 e. The molecule has 3 heterocycles. The summed E-state index contributed by atoms with van der Waals surface area (Å²) in [6.45, 7) is 0. The lowest BCUT2D eigenvalue weighted by Crippen LogP contribution is -2.13. The number of nitrogens with zero attached hydrogens (tertiary/aromatic N) is 3. The quantitative estimate of drug-likeness (QED) is 0.325. The van der Waals surface area contributed by atoms with E-state index in [2.05, 4.69) is 25.5 Å². The van der Waals surface area contributed by atoms with Gasteiger partial charge in [-0.25, -0.2) is 9.97 Å². The molecule has 0 saturated carbocycles. The number of methoxy groups -OCH3 is 2. The molecule has 0 saturated heterocycles. The summed E-state index contributed by atoms with van der Waals surface area (Å²) in [5, 5.41) is 14.7. The van der Waals surface area contributed by atoms with Gasteiger partial charge in [0, 0.05) is 21.9 Å². The Bertz CT molecular complexity index is 1220. The van der Waals surface area contributed by atoms with Gasteiger partial charge >= 0.3 is 0 Å². The molecular formula is C21H19N5O3S3. The van der Waals surface area contributed by atoms with Crippen LogP contribution in [0.2, 0.25) is 0 Å². The lowest BCUT2D eigenvalue weighted by molar-refractivity contribution is -0.113. The normalized spacial score (nSPS) is 11.1. The molecule has 11 heteroatoms. The van der Waals surface area contributed by atoms with Crippen molar-refractivity contribution in [2.45, 2.75) is 5.16 Å². The highest BCUT2D eigenvalue weighted by Gasteiger charge is 2.13. The van der Waals surface area contributed by atoms with E-state index in [4.69, 9.17) is 9.47 Å². The van der Waals surface area contributed by atoms with Crippen LogP contribution in [0.15, 0.2) is 46.2 Å². The summed E-state index contributed by atoms with van der Waals surface area (Å²) in [4.78, 5) is 22.3. The maximum absolute atomic E-state index is 12.3. The third-order valence-corrected chi connectivity index (χ3v) is 6.64. The number of aromatic nitrogens is 4. The van der Waals surface area contributed by atoms with Gasteiger partial charge < -0.3 is 14.8 Å². The molecule has 1 aromatic carbocycles. The summed E-state index contributed by atoms with van der Waals surface area (Å²) in [5.41, 5.74) is 1.54. The molecule has 3 aromatic heterocycles. The van der Waals surface area contributed by atoms with Crippen molar-refractivity contribution < 1.29 is 14.3 Å².